The highest BCUT2D eigenvalue weighted by Gasteiger charge is 2.46. The Morgan fingerprint density at radius 1 is 0.955 bits per heavy atom. The topological polar surface area (TPSA) is 86.8 Å². The Bertz CT molecular complexity index is 1560. The lowest BCUT2D eigenvalue weighted by Gasteiger charge is -2.52. The van der Waals surface area contributed by atoms with Crippen molar-refractivity contribution in [2.75, 3.05) is 57.4 Å². The third-order valence-electron chi connectivity index (χ3n) is 9.64. The van der Waals surface area contributed by atoms with Crippen LogP contribution in [0.3, 0.4) is 0 Å². The molecule has 2 amide bonds. The lowest BCUT2D eigenvalue weighted by Crippen LogP contribution is -2.58. The van der Waals surface area contributed by atoms with E-state index in [1.807, 2.05) is 30.0 Å². The van der Waals surface area contributed by atoms with Gasteiger partial charge in [0.2, 0.25) is 5.91 Å². The Kier molecular flexibility index (Phi) is 7.68. The van der Waals surface area contributed by atoms with Crippen LogP contribution in [0, 0.1) is 17.2 Å². The second-order valence-electron chi connectivity index (χ2n) is 12.7. The number of amides is 2. The summed E-state index contributed by atoms with van der Waals surface area (Å²) in [7, 11) is 0. The molecule has 3 saturated heterocycles. The van der Waals surface area contributed by atoms with Crippen LogP contribution in [0.5, 0.6) is 0 Å². The fourth-order valence-electron chi connectivity index (χ4n) is 6.80. The minimum atomic E-state index is -0.235. The van der Waals surface area contributed by atoms with E-state index in [9.17, 15) is 14.0 Å². The third-order valence-corrected chi connectivity index (χ3v) is 9.64. The number of anilines is 1. The van der Waals surface area contributed by atoms with Crippen molar-refractivity contribution in [3.05, 3.63) is 101 Å². The van der Waals surface area contributed by atoms with Crippen molar-refractivity contribution in [2.45, 2.75) is 25.8 Å². The predicted octanol–water partition coefficient (Wildman–Crippen LogP) is 4.19. The second kappa shape index (κ2) is 11.8. The molecule has 44 heavy (non-hydrogen) atoms. The molecule has 8 nitrogen and oxygen atoms in total. The molecule has 1 atom stereocenters. The molecule has 1 spiro atoms. The van der Waals surface area contributed by atoms with Crippen LogP contribution in [0.15, 0.2) is 72.6 Å². The van der Waals surface area contributed by atoms with Crippen molar-refractivity contribution in [2.24, 2.45) is 11.3 Å². The Hall–Kier alpha value is -4.08. The third kappa shape index (κ3) is 5.62. The van der Waals surface area contributed by atoms with Crippen molar-refractivity contribution >= 4 is 23.1 Å². The van der Waals surface area contributed by atoms with Gasteiger partial charge in [-0.2, -0.15) is 0 Å². The van der Waals surface area contributed by atoms with Gasteiger partial charge in [-0.3, -0.25) is 14.6 Å². The van der Waals surface area contributed by atoms with E-state index in [1.54, 1.807) is 12.4 Å². The van der Waals surface area contributed by atoms with Crippen molar-refractivity contribution in [1.82, 2.24) is 20.5 Å². The SMILES string of the molecule is C[C@@H](NC(=O)c1cncc(N2CCN(C(=O)C3COC3)CC2)c1)c1ccc(C(=C2CC3(CNC3)C2)c2ccc(F)cc2)cc1. The number of aromatic nitrogens is 1. The lowest BCUT2D eigenvalue weighted by molar-refractivity contribution is -0.150. The molecule has 2 N–H and O–H groups in total. The molecule has 0 unspecified atom stereocenters. The van der Waals surface area contributed by atoms with Gasteiger partial charge in [-0.1, -0.05) is 42.0 Å². The van der Waals surface area contributed by atoms with E-state index in [1.165, 1.54) is 23.3 Å². The average molecular weight is 596 g/mol. The van der Waals surface area contributed by atoms with Gasteiger partial charge < -0.3 is 25.2 Å². The fraction of sp³-hybridized carbons (Fsp3) is 0.400. The summed E-state index contributed by atoms with van der Waals surface area (Å²) in [6, 6.07) is 16.8. The number of allylic oxidation sites excluding steroid dienone is 1. The van der Waals surface area contributed by atoms with E-state index in [-0.39, 0.29) is 29.6 Å². The second-order valence-corrected chi connectivity index (χ2v) is 12.7. The van der Waals surface area contributed by atoms with Gasteiger partial charge in [-0.15, -0.1) is 0 Å². The van der Waals surface area contributed by atoms with Crippen LogP contribution in [0.1, 0.15) is 52.9 Å². The molecule has 4 heterocycles. The molecule has 1 aliphatic carbocycles. The van der Waals surface area contributed by atoms with Crippen LogP contribution in [0.25, 0.3) is 5.57 Å². The van der Waals surface area contributed by atoms with E-state index in [4.69, 9.17) is 4.74 Å². The van der Waals surface area contributed by atoms with Gasteiger partial charge in [-0.25, -0.2) is 4.39 Å². The van der Waals surface area contributed by atoms with Gasteiger partial charge in [0.05, 0.1) is 42.6 Å². The monoisotopic (exact) mass is 595 g/mol. The quantitative estimate of drug-likeness (QED) is 0.426. The van der Waals surface area contributed by atoms with E-state index in [0.717, 1.165) is 48.3 Å². The summed E-state index contributed by atoms with van der Waals surface area (Å²) >= 11 is 0. The first-order valence-corrected chi connectivity index (χ1v) is 15.5. The minimum absolute atomic E-state index is 0.00214. The smallest absolute Gasteiger partial charge is 0.253 e. The van der Waals surface area contributed by atoms with Gasteiger partial charge in [0, 0.05) is 50.9 Å². The molecule has 228 valence electrons. The number of nitrogens with zero attached hydrogens (tertiary/aromatic N) is 3. The number of hydrogen-bond acceptors (Lipinski definition) is 6. The van der Waals surface area contributed by atoms with Gasteiger partial charge in [0.1, 0.15) is 5.82 Å². The first-order valence-electron chi connectivity index (χ1n) is 15.5. The van der Waals surface area contributed by atoms with Gasteiger partial charge in [0.25, 0.3) is 5.91 Å². The summed E-state index contributed by atoms with van der Waals surface area (Å²) in [5.41, 5.74) is 7.53. The molecule has 0 radical (unpaired) electrons. The summed E-state index contributed by atoms with van der Waals surface area (Å²) in [5, 5.41) is 6.52. The summed E-state index contributed by atoms with van der Waals surface area (Å²) in [6.07, 6.45) is 5.50. The van der Waals surface area contributed by atoms with Gasteiger partial charge in [0.15, 0.2) is 0 Å². The number of carbonyl (C=O) groups is 2. The van der Waals surface area contributed by atoms with Crippen LogP contribution in [-0.2, 0) is 9.53 Å². The van der Waals surface area contributed by atoms with Crippen LogP contribution < -0.4 is 15.5 Å². The molecule has 4 aliphatic rings. The Labute approximate surface area is 257 Å². The summed E-state index contributed by atoms with van der Waals surface area (Å²) in [5.74, 6) is -0.239. The molecule has 9 heteroatoms. The standard InChI is InChI=1S/C35H38FN5O3/c1-23(39-33(42)27-14-31(18-37-17-27)40-10-12-41(13-11-40)34(43)29-19-44-20-29)24-2-4-25(5-3-24)32(26-6-8-30(36)9-7-26)28-15-35(16-28)21-38-22-35/h2-9,14,17-18,23,29,38H,10-13,15-16,19-22H2,1H3,(H,39,42)/t23-/m1/s1. The van der Waals surface area contributed by atoms with Crippen LogP contribution >= 0.6 is 0 Å². The number of rotatable bonds is 7. The van der Waals surface area contributed by atoms with E-state index < -0.39 is 0 Å². The maximum atomic E-state index is 13.7. The first-order chi connectivity index (χ1) is 21.4. The predicted molar refractivity (Wildman–Crippen MR) is 167 cm³/mol. The maximum Gasteiger partial charge on any atom is 0.253 e. The number of pyridine rings is 1. The first kappa shape index (κ1) is 28.7. The van der Waals surface area contributed by atoms with Gasteiger partial charge in [-0.05, 0) is 60.2 Å². The normalized spacial score (nSPS) is 19.9. The van der Waals surface area contributed by atoms with Crippen LogP contribution in [-0.4, -0.2) is 74.2 Å². The molecular weight excluding hydrogens is 557 g/mol. The highest BCUT2D eigenvalue weighted by molar-refractivity contribution is 5.95. The Balaban J connectivity index is 1.00. The summed E-state index contributed by atoms with van der Waals surface area (Å²) < 4.78 is 18.9. The highest BCUT2D eigenvalue weighted by atomic mass is 19.1. The largest absolute Gasteiger partial charge is 0.380 e. The molecule has 4 fully saturated rings. The van der Waals surface area contributed by atoms with Crippen molar-refractivity contribution in [3.63, 3.8) is 0 Å². The molecular formula is C35H38FN5O3. The zero-order valence-electron chi connectivity index (χ0n) is 25.0. The number of ether oxygens (including phenoxy) is 1. The Morgan fingerprint density at radius 2 is 1.61 bits per heavy atom. The maximum absolute atomic E-state index is 13.7. The number of carbonyl (C=O) groups excluding carboxylic acids is 2. The van der Waals surface area contributed by atoms with Crippen molar-refractivity contribution in [3.8, 4) is 0 Å². The molecule has 3 aromatic rings. The van der Waals surface area contributed by atoms with E-state index in [2.05, 4.69) is 44.8 Å². The number of benzene rings is 2. The van der Waals surface area contributed by atoms with Crippen LogP contribution in [0.4, 0.5) is 10.1 Å². The fourth-order valence-corrected chi connectivity index (χ4v) is 6.80. The van der Waals surface area contributed by atoms with E-state index >= 15 is 0 Å². The average Bonchev–Trinajstić information content (AvgIpc) is 2.98. The molecule has 2 aromatic carbocycles. The lowest BCUT2D eigenvalue weighted by atomic mass is 9.60. The molecule has 7 rings (SSSR count). The summed E-state index contributed by atoms with van der Waals surface area (Å²) in [6.45, 7) is 7.85. The van der Waals surface area contributed by atoms with Crippen molar-refractivity contribution < 1.29 is 18.7 Å². The number of nitrogens with one attached hydrogen (secondary N) is 2. The number of halogens is 1. The number of hydrogen-bond donors (Lipinski definition) is 2. The Morgan fingerprint density at radius 3 is 2.20 bits per heavy atom. The molecule has 1 aromatic heterocycles. The molecule has 0 bridgehead atoms. The molecule has 3 aliphatic heterocycles. The van der Waals surface area contributed by atoms with E-state index in [0.29, 0.717) is 50.4 Å². The van der Waals surface area contributed by atoms with Crippen molar-refractivity contribution in [1.29, 1.82) is 0 Å². The minimum Gasteiger partial charge on any atom is -0.380 e. The zero-order valence-corrected chi connectivity index (χ0v) is 25.0. The highest BCUT2D eigenvalue weighted by Crippen LogP contribution is 2.51. The number of piperazine rings is 1. The van der Waals surface area contributed by atoms with Gasteiger partial charge >= 0.3 is 0 Å². The van der Waals surface area contributed by atoms with Crippen LogP contribution in [0.2, 0.25) is 0 Å². The molecule has 1 saturated carbocycles. The summed E-state index contributed by atoms with van der Waals surface area (Å²) in [4.78, 5) is 34.2. The zero-order chi connectivity index (χ0) is 30.3.